The number of fused-ring (bicyclic) bond motifs is 1. The maximum absolute atomic E-state index is 5.91. The summed E-state index contributed by atoms with van der Waals surface area (Å²) < 4.78 is 5.30. The summed E-state index contributed by atoms with van der Waals surface area (Å²) in [6.45, 7) is 4.47. The van der Waals surface area contributed by atoms with Gasteiger partial charge in [0.15, 0.2) is 0 Å². The molecule has 0 saturated carbocycles. The largest absolute Gasteiger partial charge is 0.382 e. The predicted octanol–water partition coefficient (Wildman–Crippen LogP) is 1.41. The molecule has 1 heterocycles. The Labute approximate surface area is 97.2 Å². The molecule has 0 fully saturated rings. The van der Waals surface area contributed by atoms with Gasteiger partial charge in [0.25, 0.3) is 0 Å². The van der Waals surface area contributed by atoms with Crippen molar-refractivity contribution < 1.29 is 4.74 Å². The number of hydrogen-bond acceptors (Lipinski definition) is 3. The van der Waals surface area contributed by atoms with Crippen LogP contribution < -0.4 is 10.6 Å². The van der Waals surface area contributed by atoms with Crippen LogP contribution in [0.2, 0.25) is 0 Å². The summed E-state index contributed by atoms with van der Waals surface area (Å²) in [5.41, 5.74) is 8.54. The highest BCUT2D eigenvalue weighted by Crippen LogP contribution is 2.33. The van der Waals surface area contributed by atoms with E-state index >= 15 is 0 Å². The van der Waals surface area contributed by atoms with Gasteiger partial charge < -0.3 is 15.4 Å². The van der Waals surface area contributed by atoms with E-state index < -0.39 is 0 Å². The van der Waals surface area contributed by atoms with E-state index in [9.17, 15) is 0 Å². The summed E-state index contributed by atoms with van der Waals surface area (Å²) >= 11 is 0. The van der Waals surface area contributed by atoms with Crippen LogP contribution in [0.25, 0.3) is 0 Å². The van der Waals surface area contributed by atoms with Crippen molar-refractivity contribution in [3.63, 3.8) is 0 Å². The Bertz CT molecular complexity index is 367. The van der Waals surface area contributed by atoms with E-state index in [0.717, 1.165) is 13.0 Å². The van der Waals surface area contributed by atoms with E-state index in [2.05, 4.69) is 36.1 Å². The number of para-hydroxylation sites is 1. The van der Waals surface area contributed by atoms with Crippen molar-refractivity contribution in [3.05, 3.63) is 29.8 Å². The van der Waals surface area contributed by atoms with Crippen LogP contribution in [0.3, 0.4) is 0 Å². The van der Waals surface area contributed by atoms with Gasteiger partial charge in [-0.25, -0.2) is 0 Å². The molecular weight excluding hydrogens is 200 g/mol. The lowest BCUT2D eigenvalue weighted by atomic mass is 10.0. The number of hydrogen-bond donors (Lipinski definition) is 1. The lowest BCUT2D eigenvalue weighted by Gasteiger charge is -2.39. The van der Waals surface area contributed by atoms with Crippen molar-refractivity contribution >= 4 is 5.69 Å². The molecule has 1 aromatic rings. The van der Waals surface area contributed by atoms with Crippen LogP contribution >= 0.6 is 0 Å². The zero-order valence-corrected chi connectivity index (χ0v) is 10.1. The lowest BCUT2D eigenvalue weighted by molar-refractivity contribution is 0.140. The number of anilines is 1. The fourth-order valence-corrected chi connectivity index (χ4v) is 2.46. The van der Waals surface area contributed by atoms with Gasteiger partial charge in [0, 0.05) is 25.9 Å². The number of methoxy groups -OCH3 is 1. The summed E-state index contributed by atoms with van der Waals surface area (Å²) in [4.78, 5) is 2.38. The van der Waals surface area contributed by atoms with Crippen molar-refractivity contribution in [1.29, 1.82) is 0 Å². The maximum Gasteiger partial charge on any atom is 0.0728 e. The highest BCUT2D eigenvalue weighted by molar-refractivity contribution is 5.59. The normalized spacial score (nSPS) is 18.3. The minimum absolute atomic E-state index is 0.0959. The van der Waals surface area contributed by atoms with Crippen LogP contribution in [0.4, 0.5) is 5.69 Å². The maximum atomic E-state index is 5.91. The molecule has 0 saturated heterocycles. The number of benzene rings is 1. The summed E-state index contributed by atoms with van der Waals surface area (Å²) in [5, 5.41) is 0. The van der Waals surface area contributed by atoms with Gasteiger partial charge in [-0.15, -0.1) is 0 Å². The molecule has 88 valence electrons. The molecule has 1 aliphatic heterocycles. The Kier molecular flexibility index (Phi) is 3.17. The standard InChI is InChI=1S/C13H20N2O/c1-13(9-14,10-16-2)15-8-7-11-5-3-4-6-12(11)15/h3-6H,7-10,14H2,1-2H3. The molecule has 0 aromatic heterocycles. The zero-order chi connectivity index (χ0) is 11.6. The molecule has 16 heavy (non-hydrogen) atoms. The Hall–Kier alpha value is -1.06. The summed E-state index contributed by atoms with van der Waals surface area (Å²) in [5.74, 6) is 0. The first-order valence-corrected chi connectivity index (χ1v) is 5.76. The second-order valence-electron chi connectivity index (χ2n) is 4.66. The van der Waals surface area contributed by atoms with Crippen LogP contribution in [-0.2, 0) is 11.2 Å². The number of nitrogens with zero attached hydrogens (tertiary/aromatic N) is 1. The van der Waals surface area contributed by atoms with E-state index in [1.807, 2.05) is 0 Å². The average molecular weight is 220 g/mol. The molecule has 0 bridgehead atoms. The molecular formula is C13H20N2O. The SMILES string of the molecule is COCC(C)(CN)N1CCc2ccccc21. The van der Waals surface area contributed by atoms with E-state index in [4.69, 9.17) is 10.5 Å². The van der Waals surface area contributed by atoms with Gasteiger partial charge in [-0.2, -0.15) is 0 Å². The quantitative estimate of drug-likeness (QED) is 0.834. The van der Waals surface area contributed by atoms with Crippen molar-refractivity contribution in [2.24, 2.45) is 5.73 Å². The van der Waals surface area contributed by atoms with Crippen molar-refractivity contribution in [2.75, 3.05) is 31.7 Å². The van der Waals surface area contributed by atoms with Crippen LogP contribution in [0.15, 0.2) is 24.3 Å². The van der Waals surface area contributed by atoms with Gasteiger partial charge in [0.05, 0.1) is 12.1 Å². The molecule has 2 N–H and O–H groups in total. The molecule has 1 aliphatic rings. The van der Waals surface area contributed by atoms with Gasteiger partial charge in [-0.3, -0.25) is 0 Å². The molecule has 0 aliphatic carbocycles. The summed E-state index contributed by atoms with van der Waals surface area (Å²) in [7, 11) is 1.73. The average Bonchev–Trinajstić information content (AvgIpc) is 2.73. The number of nitrogens with two attached hydrogens (primary N) is 1. The van der Waals surface area contributed by atoms with Crippen molar-refractivity contribution in [3.8, 4) is 0 Å². The molecule has 0 radical (unpaired) electrons. The second-order valence-corrected chi connectivity index (χ2v) is 4.66. The highest BCUT2D eigenvalue weighted by atomic mass is 16.5. The first kappa shape index (κ1) is 11.4. The van der Waals surface area contributed by atoms with Gasteiger partial charge in [-0.05, 0) is 25.0 Å². The predicted molar refractivity (Wildman–Crippen MR) is 66.8 cm³/mol. The minimum Gasteiger partial charge on any atom is -0.382 e. The second kappa shape index (κ2) is 4.44. The zero-order valence-electron chi connectivity index (χ0n) is 10.1. The van der Waals surface area contributed by atoms with E-state index in [0.29, 0.717) is 13.2 Å². The molecule has 1 unspecified atom stereocenters. The Morgan fingerprint density at radius 1 is 1.44 bits per heavy atom. The summed E-state index contributed by atoms with van der Waals surface area (Å²) in [6.07, 6.45) is 1.11. The van der Waals surface area contributed by atoms with Crippen LogP contribution in [-0.4, -0.2) is 32.3 Å². The minimum atomic E-state index is -0.0959. The Morgan fingerprint density at radius 2 is 2.19 bits per heavy atom. The van der Waals surface area contributed by atoms with Crippen LogP contribution in [0, 0.1) is 0 Å². The molecule has 1 atom stereocenters. The van der Waals surface area contributed by atoms with Crippen molar-refractivity contribution in [2.45, 2.75) is 18.9 Å². The lowest BCUT2D eigenvalue weighted by Crippen LogP contribution is -2.54. The van der Waals surface area contributed by atoms with Crippen LogP contribution in [0.1, 0.15) is 12.5 Å². The van der Waals surface area contributed by atoms with E-state index in [-0.39, 0.29) is 5.54 Å². The molecule has 3 heteroatoms. The molecule has 2 rings (SSSR count). The monoisotopic (exact) mass is 220 g/mol. The van der Waals surface area contributed by atoms with E-state index in [1.54, 1.807) is 7.11 Å². The molecule has 1 aromatic carbocycles. The smallest absolute Gasteiger partial charge is 0.0728 e. The van der Waals surface area contributed by atoms with Gasteiger partial charge in [-0.1, -0.05) is 18.2 Å². The molecule has 0 amide bonds. The first-order valence-electron chi connectivity index (χ1n) is 5.76. The highest BCUT2D eigenvalue weighted by Gasteiger charge is 2.34. The fraction of sp³-hybridized carbons (Fsp3) is 0.538. The topological polar surface area (TPSA) is 38.5 Å². The first-order chi connectivity index (χ1) is 7.71. The Balaban J connectivity index is 2.29. The third kappa shape index (κ3) is 1.81. The fourth-order valence-electron chi connectivity index (χ4n) is 2.46. The third-order valence-electron chi connectivity index (χ3n) is 3.43. The van der Waals surface area contributed by atoms with E-state index in [1.165, 1.54) is 11.3 Å². The number of ether oxygens (including phenoxy) is 1. The van der Waals surface area contributed by atoms with Gasteiger partial charge in [0.2, 0.25) is 0 Å². The summed E-state index contributed by atoms with van der Waals surface area (Å²) in [6, 6.07) is 8.55. The molecule has 0 spiro atoms. The third-order valence-corrected chi connectivity index (χ3v) is 3.43. The Morgan fingerprint density at radius 3 is 2.88 bits per heavy atom. The van der Waals surface area contributed by atoms with Crippen LogP contribution in [0.5, 0.6) is 0 Å². The van der Waals surface area contributed by atoms with Gasteiger partial charge >= 0.3 is 0 Å². The van der Waals surface area contributed by atoms with Gasteiger partial charge in [0.1, 0.15) is 0 Å². The molecule has 3 nitrogen and oxygen atoms in total. The van der Waals surface area contributed by atoms with Crippen molar-refractivity contribution in [1.82, 2.24) is 0 Å². The number of rotatable bonds is 4.